The molecule has 1 rings (SSSR count). The van der Waals surface area contributed by atoms with Crippen molar-refractivity contribution < 1.29 is 0 Å². The molecular weight excluding hydrogens is 254 g/mol. The van der Waals surface area contributed by atoms with Gasteiger partial charge in [-0.1, -0.05) is 33.1 Å². The van der Waals surface area contributed by atoms with E-state index in [1.165, 1.54) is 30.5 Å². The molecule has 0 saturated carbocycles. The third-order valence-corrected chi connectivity index (χ3v) is 3.74. The summed E-state index contributed by atoms with van der Waals surface area (Å²) in [6.07, 6.45) is 5.79. The van der Waals surface area contributed by atoms with Crippen molar-refractivity contribution in [2.45, 2.75) is 58.5 Å². The SMILES string of the molecule is CCCCC(CCC)NCc1cc(=O)n(C)c(=O)n1C. The van der Waals surface area contributed by atoms with Crippen molar-refractivity contribution in [3.05, 3.63) is 32.6 Å². The lowest BCUT2D eigenvalue weighted by atomic mass is 10.1. The van der Waals surface area contributed by atoms with E-state index in [0.29, 0.717) is 12.6 Å². The van der Waals surface area contributed by atoms with Crippen LogP contribution in [0, 0.1) is 0 Å². The molecule has 0 bridgehead atoms. The molecular formula is C15H27N3O2. The van der Waals surface area contributed by atoms with Gasteiger partial charge in [-0.25, -0.2) is 4.79 Å². The van der Waals surface area contributed by atoms with Gasteiger partial charge in [0.2, 0.25) is 0 Å². The molecule has 114 valence electrons. The molecule has 1 atom stereocenters. The minimum atomic E-state index is -0.269. The van der Waals surface area contributed by atoms with E-state index in [9.17, 15) is 9.59 Å². The molecule has 0 saturated heterocycles. The van der Waals surface area contributed by atoms with Gasteiger partial charge in [-0.2, -0.15) is 0 Å². The standard InChI is InChI=1S/C15H27N3O2/c1-5-7-9-12(8-6-2)16-11-13-10-14(19)18(4)15(20)17(13)3/h10,12,16H,5-9,11H2,1-4H3. The Labute approximate surface area is 120 Å². The van der Waals surface area contributed by atoms with Crippen molar-refractivity contribution in [3.63, 3.8) is 0 Å². The molecule has 1 unspecified atom stereocenters. The number of nitrogens with zero attached hydrogens (tertiary/aromatic N) is 2. The van der Waals surface area contributed by atoms with Crippen molar-refractivity contribution in [1.82, 2.24) is 14.5 Å². The van der Waals surface area contributed by atoms with Crippen LogP contribution in [0.3, 0.4) is 0 Å². The van der Waals surface area contributed by atoms with E-state index in [2.05, 4.69) is 19.2 Å². The number of unbranched alkanes of at least 4 members (excludes halogenated alkanes) is 1. The predicted molar refractivity (Wildman–Crippen MR) is 82.0 cm³/mol. The molecule has 0 radical (unpaired) electrons. The smallest absolute Gasteiger partial charge is 0.308 e. The number of hydrogen-bond acceptors (Lipinski definition) is 3. The van der Waals surface area contributed by atoms with Crippen LogP contribution in [0.25, 0.3) is 0 Å². The lowest BCUT2D eigenvalue weighted by molar-refractivity contribution is 0.426. The minimum absolute atomic E-state index is 0.245. The van der Waals surface area contributed by atoms with E-state index < -0.39 is 0 Å². The molecule has 0 aromatic carbocycles. The van der Waals surface area contributed by atoms with Crippen LogP contribution in [-0.4, -0.2) is 15.2 Å². The molecule has 5 nitrogen and oxygen atoms in total. The van der Waals surface area contributed by atoms with Crippen LogP contribution in [0.2, 0.25) is 0 Å². The molecule has 1 aromatic rings. The summed E-state index contributed by atoms with van der Waals surface area (Å²) in [6.45, 7) is 4.93. The molecule has 5 heteroatoms. The lowest BCUT2D eigenvalue weighted by Gasteiger charge is -2.19. The molecule has 1 N–H and O–H groups in total. The van der Waals surface area contributed by atoms with E-state index in [4.69, 9.17) is 0 Å². The highest BCUT2D eigenvalue weighted by Gasteiger charge is 2.10. The van der Waals surface area contributed by atoms with E-state index in [0.717, 1.165) is 29.5 Å². The molecule has 0 amide bonds. The van der Waals surface area contributed by atoms with Crippen molar-refractivity contribution in [3.8, 4) is 0 Å². The zero-order chi connectivity index (χ0) is 15.1. The van der Waals surface area contributed by atoms with Crippen LogP contribution in [0.5, 0.6) is 0 Å². The Hall–Kier alpha value is -1.36. The molecule has 1 heterocycles. The maximum absolute atomic E-state index is 11.9. The van der Waals surface area contributed by atoms with E-state index in [1.807, 2.05) is 0 Å². The van der Waals surface area contributed by atoms with Crippen LogP contribution in [0.4, 0.5) is 0 Å². The van der Waals surface area contributed by atoms with Gasteiger partial charge in [0.25, 0.3) is 5.56 Å². The fraction of sp³-hybridized carbons (Fsp3) is 0.733. The Morgan fingerprint density at radius 3 is 2.40 bits per heavy atom. The third kappa shape index (κ3) is 4.34. The Balaban J connectivity index is 2.77. The lowest BCUT2D eigenvalue weighted by Crippen LogP contribution is -2.40. The normalized spacial score (nSPS) is 12.6. The number of nitrogens with one attached hydrogen (secondary N) is 1. The van der Waals surface area contributed by atoms with Crippen LogP contribution >= 0.6 is 0 Å². The van der Waals surface area contributed by atoms with E-state index in [1.54, 1.807) is 7.05 Å². The highest BCUT2D eigenvalue weighted by atomic mass is 16.2. The Kier molecular flexibility index (Phi) is 6.71. The van der Waals surface area contributed by atoms with Gasteiger partial charge in [0.1, 0.15) is 0 Å². The summed E-state index contributed by atoms with van der Waals surface area (Å²) in [5.41, 5.74) is 0.233. The summed E-state index contributed by atoms with van der Waals surface area (Å²) < 4.78 is 2.67. The number of hydrogen-bond donors (Lipinski definition) is 1. The fourth-order valence-electron chi connectivity index (χ4n) is 2.34. The maximum atomic E-state index is 11.9. The summed E-state index contributed by atoms with van der Waals surface area (Å²) >= 11 is 0. The topological polar surface area (TPSA) is 56.0 Å². The van der Waals surface area contributed by atoms with Crippen molar-refractivity contribution in [2.24, 2.45) is 14.1 Å². The van der Waals surface area contributed by atoms with E-state index in [-0.39, 0.29) is 11.2 Å². The third-order valence-electron chi connectivity index (χ3n) is 3.74. The largest absolute Gasteiger partial charge is 0.330 e. The first-order valence-corrected chi connectivity index (χ1v) is 7.50. The van der Waals surface area contributed by atoms with Gasteiger partial charge in [0.15, 0.2) is 0 Å². The van der Waals surface area contributed by atoms with Gasteiger partial charge in [0.05, 0.1) is 0 Å². The molecule has 20 heavy (non-hydrogen) atoms. The fourth-order valence-corrected chi connectivity index (χ4v) is 2.34. The number of rotatable bonds is 8. The second kappa shape index (κ2) is 8.04. The van der Waals surface area contributed by atoms with Gasteiger partial charge in [-0.05, 0) is 12.8 Å². The molecule has 0 aliphatic heterocycles. The summed E-state index contributed by atoms with van der Waals surface area (Å²) in [5.74, 6) is 0. The van der Waals surface area contributed by atoms with Gasteiger partial charge >= 0.3 is 5.69 Å². The van der Waals surface area contributed by atoms with E-state index >= 15 is 0 Å². The van der Waals surface area contributed by atoms with Crippen molar-refractivity contribution in [1.29, 1.82) is 0 Å². The highest BCUT2D eigenvalue weighted by molar-refractivity contribution is 5.02. The molecule has 0 fully saturated rings. The first-order chi connectivity index (χ1) is 9.51. The second-order valence-electron chi connectivity index (χ2n) is 5.38. The van der Waals surface area contributed by atoms with Gasteiger partial charge in [-0.15, -0.1) is 0 Å². The summed E-state index contributed by atoms with van der Waals surface area (Å²) in [6, 6.07) is 2.00. The summed E-state index contributed by atoms with van der Waals surface area (Å²) in [7, 11) is 3.21. The van der Waals surface area contributed by atoms with Crippen LogP contribution in [-0.2, 0) is 20.6 Å². The molecule has 0 aliphatic carbocycles. The van der Waals surface area contributed by atoms with Crippen LogP contribution < -0.4 is 16.6 Å². The zero-order valence-electron chi connectivity index (χ0n) is 13.1. The monoisotopic (exact) mass is 281 g/mol. The molecule has 0 aliphatic rings. The molecule has 0 spiro atoms. The zero-order valence-corrected chi connectivity index (χ0v) is 13.1. The maximum Gasteiger partial charge on any atom is 0.330 e. The Bertz CT molecular complexity index is 531. The average Bonchev–Trinajstić information content (AvgIpc) is 2.44. The van der Waals surface area contributed by atoms with Gasteiger partial charge in [-0.3, -0.25) is 13.9 Å². The minimum Gasteiger partial charge on any atom is -0.308 e. The van der Waals surface area contributed by atoms with Crippen molar-refractivity contribution >= 4 is 0 Å². The highest BCUT2D eigenvalue weighted by Crippen LogP contribution is 2.07. The first-order valence-electron chi connectivity index (χ1n) is 7.50. The van der Waals surface area contributed by atoms with Gasteiger partial charge in [0, 0.05) is 38.4 Å². The quantitative estimate of drug-likeness (QED) is 0.786. The Morgan fingerprint density at radius 2 is 1.80 bits per heavy atom. The second-order valence-corrected chi connectivity index (χ2v) is 5.38. The first kappa shape index (κ1) is 16.7. The predicted octanol–water partition coefficient (Wildman–Crippen LogP) is 1.53. The van der Waals surface area contributed by atoms with Crippen molar-refractivity contribution in [2.75, 3.05) is 0 Å². The average molecular weight is 281 g/mol. The van der Waals surface area contributed by atoms with Crippen LogP contribution in [0.1, 0.15) is 51.6 Å². The summed E-state index contributed by atoms with van der Waals surface area (Å²) in [5, 5.41) is 3.48. The van der Waals surface area contributed by atoms with Gasteiger partial charge < -0.3 is 5.32 Å². The van der Waals surface area contributed by atoms with Crippen LogP contribution in [0.15, 0.2) is 15.7 Å². The molecule has 1 aromatic heterocycles. The summed E-state index contributed by atoms with van der Waals surface area (Å²) in [4.78, 5) is 23.5. The number of aromatic nitrogens is 2. The Morgan fingerprint density at radius 1 is 1.10 bits per heavy atom.